The second kappa shape index (κ2) is 8.77. The van der Waals surface area contributed by atoms with E-state index >= 15 is 0 Å². The van der Waals surface area contributed by atoms with Crippen LogP contribution in [0.5, 0.6) is 5.75 Å². The van der Waals surface area contributed by atoms with Gasteiger partial charge in [0.25, 0.3) is 0 Å². The number of anilines is 1. The van der Waals surface area contributed by atoms with Gasteiger partial charge in [-0.05, 0) is 38.5 Å². The maximum Gasteiger partial charge on any atom is 0.142 e. The molecule has 1 aromatic carbocycles. The Balaban J connectivity index is 2.64. The van der Waals surface area contributed by atoms with Gasteiger partial charge in [0.2, 0.25) is 0 Å². The van der Waals surface area contributed by atoms with E-state index in [9.17, 15) is 0 Å². The van der Waals surface area contributed by atoms with Gasteiger partial charge in [-0.3, -0.25) is 0 Å². The van der Waals surface area contributed by atoms with Crippen molar-refractivity contribution in [1.82, 2.24) is 0 Å². The quantitative estimate of drug-likeness (QED) is 0.698. The molecule has 1 N–H and O–H groups in total. The highest BCUT2D eigenvalue weighted by Crippen LogP contribution is 2.26. The van der Waals surface area contributed by atoms with Gasteiger partial charge >= 0.3 is 0 Å². The number of ether oxygens (including phenoxy) is 3. The molecule has 0 amide bonds. The zero-order valence-corrected chi connectivity index (χ0v) is 12.4. The lowest BCUT2D eigenvalue weighted by Gasteiger charge is -2.18. The summed E-state index contributed by atoms with van der Waals surface area (Å²) in [5.41, 5.74) is 2.17. The Labute approximate surface area is 116 Å². The smallest absolute Gasteiger partial charge is 0.142 e. The van der Waals surface area contributed by atoms with E-state index in [4.69, 9.17) is 14.2 Å². The fourth-order valence-corrected chi connectivity index (χ4v) is 1.70. The van der Waals surface area contributed by atoms with Gasteiger partial charge in [-0.2, -0.15) is 0 Å². The van der Waals surface area contributed by atoms with Crippen molar-refractivity contribution in [1.29, 1.82) is 0 Å². The maximum atomic E-state index is 5.74. The largest absolute Gasteiger partial charge is 0.489 e. The van der Waals surface area contributed by atoms with Crippen molar-refractivity contribution in [3.63, 3.8) is 0 Å². The fraction of sp³-hybridized carbons (Fsp3) is 0.600. The van der Waals surface area contributed by atoms with E-state index in [1.165, 1.54) is 5.56 Å². The average molecular weight is 267 g/mol. The molecule has 0 aromatic heterocycles. The van der Waals surface area contributed by atoms with E-state index in [0.29, 0.717) is 19.8 Å². The first kappa shape index (κ1) is 15.8. The van der Waals surface area contributed by atoms with Crippen molar-refractivity contribution in [3.8, 4) is 5.75 Å². The van der Waals surface area contributed by atoms with Crippen LogP contribution in [0.25, 0.3) is 0 Å². The second-order valence-corrected chi connectivity index (χ2v) is 4.55. The number of methoxy groups -OCH3 is 1. The van der Waals surface area contributed by atoms with E-state index in [0.717, 1.165) is 18.0 Å². The summed E-state index contributed by atoms with van der Waals surface area (Å²) in [5.74, 6) is 0.861. The Bertz CT molecular complexity index is 368. The molecule has 1 unspecified atom stereocenters. The minimum atomic E-state index is 0.243. The summed E-state index contributed by atoms with van der Waals surface area (Å²) < 4.78 is 16.1. The fourth-order valence-electron chi connectivity index (χ4n) is 1.70. The lowest BCUT2D eigenvalue weighted by Crippen LogP contribution is -2.22. The van der Waals surface area contributed by atoms with Gasteiger partial charge in [0.15, 0.2) is 0 Å². The summed E-state index contributed by atoms with van der Waals surface area (Å²) in [4.78, 5) is 0. The first-order valence-electron chi connectivity index (χ1n) is 6.74. The number of hydrogen-bond acceptors (Lipinski definition) is 4. The van der Waals surface area contributed by atoms with Gasteiger partial charge in [-0.1, -0.05) is 6.07 Å². The molecular formula is C15H25NO3. The molecule has 19 heavy (non-hydrogen) atoms. The summed E-state index contributed by atoms with van der Waals surface area (Å²) in [5, 5.41) is 3.41. The summed E-state index contributed by atoms with van der Waals surface area (Å²) in [7, 11) is 1.67. The van der Waals surface area contributed by atoms with Crippen molar-refractivity contribution in [3.05, 3.63) is 23.8 Å². The van der Waals surface area contributed by atoms with E-state index in [2.05, 4.69) is 25.2 Å². The Kier molecular flexibility index (Phi) is 7.30. The van der Waals surface area contributed by atoms with Gasteiger partial charge in [-0.15, -0.1) is 0 Å². The van der Waals surface area contributed by atoms with Crippen LogP contribution in [0.1, 0.15) is 19.4 Å². The molecule has 0 radical (unpaired) electrons. The molecule has 0 aliphatic rings. The zero-order valence-electron chi connectivity index (χ0n) is 12.4. The van der Waals surface area contributed by atoms with Crippen LogP contribution in [-0.4, -0.2) is 39.6 Å². The van der Waals surface area contributed by atoms with Crippen LogP contribution in [0, 0.1) is 6.92 Å². The first-order chi connectivity index (χ1) is 9.17. The van der Waals surface area contributed by atoms with Crippen LogP contribution in [0.15, 0.2) is 18.2 Å². The maximum absolute atomic E-state index is 5.74. The van der Waals surface area contributed by atoms with E-state index in [1.807, 2.05) is 19.1 Å². The highest BCUT2D eigenvalue weighted by Gasteiger charge is 2.08. The Hall–Kier alpha value is -1.26. The normalized spacial score (nSPS) is 12.2. The van der Waals surface area contributed by atoms with Gasteiger partial charge in [-0.25, -0.2) is 0 Å². The monoisotopic (exact) mass is 267 g/mol. The second-order valence-electron chi connectivity index (χ2n) is 4.55. The zero-order chi connectivity index (χ0) is 14.1. The topological polar surface area (TPSA) is 39.7 Å². The average Bonchev–Trinajstić information content (AvgIpc) is 2.39. The molecule has 0 aliphatic carbocycles. The van der Waals surface area contributed by atoms with Gasteiger partial charge in [0, 0.05) is 19.8 Å². The number of nitrogens with one attached hydrogen (secondary N) is 1. The van der Waals surface area contributed by atoms with Crippen LogP contribution in [-0.2, 0) is 9.47 Å². The molecule has 0 bridgehead atoms. The van der Waals surface area contributed by atoms with E-state index < -0.39 is 0 Å². The van der Waals surface area contributed by atoms with Crippen LogP contribution >= 0.6 is 0 Å². The van der Waals surface area contributed by atoms with Crippen LogP contribution in [0.2, 0.25) is 0 Å². The van der Waals surface area contributed by atoms with E-state index in [-0.39, 0.29) is 6.04 Å². The minimum absolute atomic E-state index is 0.243. The molecule has 0 aliphatic heterocycles. The third-order valence-corrected chi connectivity index (χ3v) is 2.66. The van der Waals surface area contributed by atoms with Gasteiger partial charge in [0.05, 0.1) is 18.9 Å². The molecule has 0 saturated carbocycles. The molecule has 1 aromatic rings. The van der Waals surface area contributed by atoms with Crippen LogP contribution in [0.3, 0.4) is 0 Å². The summed E-state index contributed by atoms with van der Waals surface area (Å²) >= 11 is 0. The highest BCUT2D eigenvalue weighted by molar-refractivity contribution is 5.58. The SMILES string of the molecule is CCOCC(C)Nc1ccc(C)cc1OCCOC. The van der Waals surface area contributed by atoms with Crippen molar-refractivity contribution >= 4 is 5.69 Å². The molecule has 0 heterocycles. The number of rotatable bonds is 9. The van der Waals surface area contributed by atoms with Crippen molar-refractivity contribution in [2.24, 2.45) is 0 Å². The molecule has 1 rings (SSSR count). The van der Waals surface area contributed by atoms with Gasteiger partial charge in [0.1, 0.15) is 12.4 Å². The predicted octanol–water partition coefficient (Wildman–Crippen LogP) is 2.86. The van der Waals surface area contributed by atoms with Crippen molar-refractivity contribution < 1.29 is 14.2 Å². The molecule has 0 fully saturated rings. The Morgan fingerprint density at radius 3 is 2.74 bits per heavy atom. The summed E-state index contributed by atoms with van der Waals surface area (Å²) in [6.07, 6.45) is 0. The van der Waals surface area contributed by atoms with E-state index in [1.54, 1.807) is 7.11 Å². The molecule has 4 heteroatoms. The third-order valence-electron chi connectivity index (χ3n) is 2.66. The molecule has 1 atom stereocenters. The number of benzene rings is 1. The Morgan fingerprint density at radius 1 is 1.26 bits per heavy atom. The number of hydrogen-bond donors (Lipinski definition) is 1. The molecule has 4 nitrogen and oxygen atoms in total. The molecule has 0 saturated heterocycles. The molecule has 0 spiro atoms. The van der Waals surface area contributed by atoms with Crippen molar-refractivity contribution in [2.75, 3.05) is 38.9 Å². The molecule has 108 valence electrons. The first-order valence-corrected chi connectivity index (χ1v) is 6.74. The third kappa shape index (κ3) is 5.94. The van der Waals surface area contributed by atoms with Gasteiger partial charge < -0.3 is 19.5 Å². The minimum Gasteiger partial charge on any atom is -0.489 e. The summed E-state index contributed by atoms with van der Waals surface area (Å²) in [6, 6.07) is 6.39. The summed E-state index contributed by atoms with van der Waals surface area (Å²) in [6.45, 7) is 8.69. The van der Waals surface area contributed by atoms with Crippen molar-refractivity contribution in [2.45, 2.75) is 26.8 Å². The predicted molar refractivity (Wildman–Crippen MR) is 78.1 cm³/mol. The number of aryl methyl sites for hydroxylation is 1. The lowest BCUT2D eigenvalue weighted by atomic mass is 10.2. The molecular weight excluding hydrogens is 242 g/mol. The van der Waals surface area contributed by atoms with Crippen LogP contribution < -0.4 is 10.1 Å². The highest BCUT2D eigenvalue weighted by atomic mass is 16.5. The van der Waals surface area contributed by atoms with Crippen LogP contribution in [0.4, 0.5) is 5.69 Å². The lowest BCUT2D eigenvalue weighted by molar-refractivity contribution is 0.140. The Morgan fingerprint density at radius 2 is 2.05 bits per heavy atom. The standard InChI is InChI=1S/C15H25NO3/c1-5-18-11-13(3)16-14-7-6-12(2)10-15(14)19-9-8-17-4/h6-7,10,13,16H,5,8-9,11H2,1-4H3.